The Hall–Kier alpha value is -2.34. The minimum atomic E-state index is -0.275. The number of aromatic nitrogens is 1. The molecule has 0 bridgehead atoms. The molecule has 2 atom stereocenters. The first-order valence-corrected chi connectivity index (χ1v) is 9.03. The molecule has 2 aromatic carbocycles. The molecule has 6 heteroatoms. The van der Waals surface area contributed by atoms with Crippen LogP contribution < -0.4 is 10.6 Å². The second kappa shape index (κ2) is 9.04. The lowest BCUT2D eigenvalue weighted by atomic mass is 9.91. The number of hydrogen-bond acceptors (Lipinski definition) is 3. The van der Waals surface area contributed by atoms with Crippen molar-refractivity contribution in [2.75, 3.05) is 26.3 Å². The summed E-state index contributed by atoms with van der Waals surface area (Å²) in [7, 11) is 0. The SMILES string of the molecule is Cl.O=C(NCC(c1ccccc1)c1c[nH]c2ccccc12)C1COCCN1. The van der Waals surface area contributed by atoms with Gasteiger partial charge < -0.3 is 20.4 Å². The molecule has 1 saturated heterocycles. The Balaban J connectivity index is 0.00000210. The molecule has 0 spiro atoms. The third-order valence-electron chi connectivity index (χ3n) is 4.92. The predicted molar refractivity (Wildman–Crippen MR) is 109 cm³/mol. The van der Waals surface area contributed by atoms with Crippen molar-refractivity contribution in [1.82, 2.24) is 15.6 Å². The largest absolute Gasteiger partial charge is 0.378 e. The fourth-order valence-electron chi connectivity index (χ4n) is 3.53. The minimum absolute atomic E-state index is 0. The number of carbonyl (C=O) groups is 1. The van der Waals surface area contributed by atoms with Crippen molar-refractivity contribution in [2.24, 2.45) is 0 Å². The molecule has 142 valence electrons. The number of fused-ring (bicyclic) bond motifs is 1. The molecule has 1 aliphatic rings. The molecule has 0 aliphatic carbocycles. The number of H-pyrrole nitrogens is 1. The van der Waals surface area contributed by atoms with E-state index in [0.29, 0.717) is 26.3 Å². The Labute approximate surface area is 164 Å². The van der Waals surface area contributed by atoms with Crippen molar-refractivity contribution in [3.8, 4) is 0 Å². The number of morpholine rings is 1. The van der Waals surface area contributed by atoms with Crippen LogP contribution in [0, 0.1) is 0 Å². The Morgan fingerprint density at radius 3 is 2.70 bits per heavy atom. The van der Waals surface area contributed by atoms with Gasteiger partial charge in [0.15, 0.2) is 0 Å². The molecular formula is C21H24ClN3O2. The van der Waals surface area contributed by atoms with Crippen LogP contribution in [0.2, 0.25) is 0 Å². The normalized spacial score (nSPS) is 17.9. The number of nitrogens with one attached hydrogen (secondary N) is 3. The Morgan fingerprint density at radius 2 is 1.93 bits per heavy atom. The molecule has 3 aromatic rings. The number of benzene rings is 2. The number of ether oxygens (including phenoxy) is 1. The van der Waals surface area contributed by atoms with Gasteiger partial charge in [0.1, 0.15) is 6.04 Å². The number of hydrogen-bond donors (Lipinski definition) is 3. The van der Waals surface area contributed by atoms with Gasteiger partial charge in [-0.3, -0.25) is 4.79 Å². The molecule has 0 radical (unpaired) electrons. The van der Waals surface area contributed by atoms with Gasteiger partial charge in [0.2, 0.25) is 5.91 Å². The first kappa shape index (κ1) is 19.4. The number of aromatic amines is 1. The standard InChI is InChI=1S/C21H23N3O2.ClH/c25-21(20-14-26-11-10-22-20)24-12-17(15-6-2-1-3-7-15)18-13-23-19-9-5-4-8-16(18)19;/h1-9,13,17,20,22-23H,10-12,14H2,(H,24,25);1H. The smallest absolute Gasteiger partial charge is 0.239 e. The summed E-state index contributed by atoms with van der Waals surface area (Å²) in [5.74, 6) is 0.0753. The van der Waals surface area contributed by atoms with E-state index in [2.05, 4.69) is 46.1 Å². The zero-order chi connectivity index (χ0) is 17.8. The van der Waals surface area contributed by atoms with Gasteiger partial charge in [-0.2, -0.15) is 0 Å². The number of para-hydroxylation sites is 1. The minimum Gasteiger partial charge on any atom is -0.378 e. The van der Waals surface area contributed by atoms with E-state index in [1.807, 2.05) is 30.3 Å². The van der Waals surface area contributed by atoms with Crippen molar-refractivity contribution in [3.63, 3.8) is 0 Å². The van der Waals surface area contributed by atoms with E-state index in [-0.39, 0.29) is 30.3 Å². The van der Waals surface area contributed by atoms with E-state index in [1.165, 1.54) is 16.5 Å². The van der Waals surface area contributed by atoms with Gasteiger partial charge in [0.25, 0.3) is 0 Å². The third-order valence-corrected chi connectivity index (χ3v) is 4.92. The summed E-state index contributed by atoms with van der Waals surface area (Å²) in [6.07, 6.45) is 2.05. The lowest BCUT2D eigenvalue weighted by Gasteiger charge is -2.24. The molecule has 4 rings (SSSR count). The Morgan fingerprint density at radius 1 is 1.15 bits per heavy atom. The first-order chi connectivity index (χ1) is 12.8. The van der Waals surface area contributed by atoms with Crippen molar-refractivity contribution < 1.29 is 9.53 Å². The number of carbonyl (C=O) groups excluding carboxylic acids is 1. The molecule has 5 nitrogen and oxygen atoms in total. The van der Waals surface area contributed by atoms with Crippen LogP contribution in [0.1, 0.15) is 17.0 Å². The lowest BCUT2D eigenvalue weighted by molar-refractivity contribution is -0.125. The van der Waals surface area contributed by atoms with Crippen LogP contribution in [0.5, 0.6) is 0 Å². The molecular weight excluding hydrogens is 362 g/mol. The lowest BCUT2D eigenvalue weighted by Crippen LogP contribution is -2.51. The van der Waals surface area contributed by atoms with Gasteiger partial charge >= 0.3 is 0 Å². The molecule has 1 aromatic heterocycles. The number of halogens is 1. The van der Waals surface area contributed by atoms with Crippen LogP contribution in [-0.4, -0.2) is 43.2 Å². The third kappa shape index (κ3) is 4.33. The van der Waals surface area contributed by atoms with Crippen LogP contribution in [0.3, 0.4) is 0 Å². The monoisotopic (exact) mass is 385 g/mol. The van der Waals surface area contributed by atoms with Crippen LogP contribution >= 0.6 is 12.4 Å². The molecule has 1 aliphatic heterocycles. The molecule has 3 N–H and O–H groups in total. The molecule has 1 fully saturated rings. The fourth-order valence-corrected chi connectivity index (χ4v) is 3.53. The molecule has 2 heterocycles. The van der Waals surface area contributed by atoms with Gasteiger partial charge in [0, 0.05) is 36.1 Å². The van der Waals surface area contributed by atoms with E-state index in [0.717, 1.165) is 5.52 Å². The quantitative estimate of drug-likeness (QED) is 0.632. The Kier molecular flexibility index (Phi) is 6.50. The summed E-state index contributed by atoms with van der Waals surface area (Å²) in [5.41, 5.74) is 3.49. The van der Waals surface area contributed by atoms with Crippen LogP contribution in [0.15, 0.2) is 60.8 Å². The fraction of sp³-hybridized carbons (Fsp3) is 0.286. The van der Waals surface area contributed by atoms with Gasteiger partial charge in [-0.15, -0.1) is 12.4 Å². The zero-order valence-corrected chi connectivity index (χ0v) is 15.8. The van der Waals surface area contributed by atoms with E-state index in [1.54, 1.807) is 0 Å². The van der Waals surface area contributed by atoms with Crippen molar-refractivity contribution in [3.05, 3.63) is 71.9 Å². The van der Waals surface area contributed by atoms with Gasteiger partial charge in [-0.25, -0.2) is 0 Å². The maximum Gasteiger partial charge on any atom is 0.239 e. The second-order valence-corrected chi connectivity index (χ2v) is 6.58. The highest BCUT2D eigenvalue weighted by Crippen LogP contribution is 2.30. The van der Waals surface area contributed by atoms with Crippen molar-refractivity contribution >= 4 is 29.2 Å². The summed E-state index contributed by atoms with van der Waals surface area (Å²) in [5, 5.41) is 7.50. The number of rotatable bonds is 5. The van der Waals surface area contributed by atoms with Gasteiger partial charge in [0.05, 0.1) is 13.2 Å². The van der Waals surface area contributed by atoms with E-state index < -0.39 is 0 Å². The summed E-state index contributed by atoms with van der Waals surface area (Å²) in [4.78, 5) is 15.8. The highest BCUT2D eigenvalue weighted by Gasteiger charge is 2.23. The molecule has 27 heavy (non-hydrogen) atoms. The first-order valence-electron chi connectivity index (χ1n) is 9.03. The Bertz CT molecular complexity index is 875. The van der Waals surface area contributed by atoms with E-state index >= 15 is 0 Å². The van der Waals surface area contributed by atoms with E-state index in [4.69, 9.17) is 4.74 Å². The van der Waals surface area contributed by atoms with E-state index in [9.17, 15) is 4.79 Å². The van der Waals surface area contributed by atoms with Crippen molar-refractivity contribution in [1.29, 1.82) is 0 Å². The van der Waals surface area contributed by atoms with Gasteiger partial charge in [-0.05, 0) is 17.2 Å². The second-order valence-electron chi connectivity index (χ2n) is 6.58. The molecule has 0 saturated carbocycles. The average Bonchev–Trinajstić information content (AvgIpc) is 3.14. The summed E-state index contributed by atoms with van der Waals surface area (Å²) in [6, 6.07) is 18.3. The van der Waals surface area contributed by atoms with Crippen LogP contribution in [-0.2, 0) is 9.53 Å². The topological polar surface area (TPSA) is 66.2 Å². The van der Waals surface area contributed by atoms with Crippen LogP contribution in [0.4, 0.5) is 0 Å². The maximum atomic E-state index is 12.5. The zero-order valence-electron chi connectivity index (χ0n) is 15.0. The average molecular weight is 386 g/mol. The van der Waals surface area contributed by atoms with Gasteiger partial charge in [-0.1, -0.05) is 48.5 Å². The summed E-state index contributed by atoms with van der Waals surface area (Å²) >= 11 is 0. The highest BCUT2D eigenvalue weighted by atomic mass is 35.5. The predicted octanol–water partition coefficient (Wildman–Crippen LogP) is 2.83. The van der Waals surface area contributed by atoms with Crippen molar-refractivity contribution in [2.45, 2.75) is 12.0 Å². The molecule has 2 unspecified atom stereocenters. The summed E-state index contributed by atoms with van der Waals surface area (Å²) in [6.45, 7) is 2.34. The molecule has 1 amide bonds. The summed E-state index contributed by atoms with van der Waals surface area (Å²) < 4.78 is 5.40. The van der Waals surface area contributed by atoms with Crippen LogP contribution in [0.25, 0.3) is 10.9 Å². The highest BCUT2D eigenvalue weighted by molar-refractivity contribution is 5.85. The maximum absolute atomic E-state index is 12.5. The number of amides is 1.